The van der Waals surface area contributed by atoms with Gasteiger partial charge in [-0.15, -0.1) is 12.4 Å². The average molecular weight is 466 g/mol. The minimum atomic E-state index is -0.142. The monoisotopic (exact) mass is 465 g/mol. The Bertz CT molecular complexity index is 1000. The summed E-state index contributed by atoms with van der Waals surface area (Å²) in [5.41, 5.74) is 1.30. The van der Waals surface area contributed by atoms with E-state index in [1.165, 1.54) is 11.3 Å². The van der Waals surface area contributed by atoms with Gasteiger partial charge in [-0.05, 0) is 51.3 Å². The molecule has 0 spiro atoms. The van der Waals surface area contributed by atoms with Gasteiger partial charge in [-0.3, -0.25) is 9.69 Å². The molecule has 0 radical (unpaired) electrons. The van der Waals surface area contributed by atoms with E-state index < -0.39 is 0 Å². The number of fused-ring (bicyclic) bond motifs is 1. The molecule has 3 rings (SSSR count). The van der Waals surface area contributed by atoms with Crippen LogP contribution >= 0.6 is 23.7 Å². The zero-order chi connectivity index (χ0) is 21.7. The highest BCUT2D eigenvalue weighted by Crippen LogP contribution is 2.33. The second kappa shape index (κ2) is 11.2. The Hall–Kier alpha value is -2.55. The van der Waals surface area contributed by atoms with Crippen molar-refractivity contribution in [3.8, 4) is 17.2 Å². The molecule has 0 fully saturated rings. The Labute approximate surface area is 192 Å². The largest absolute Gasteiger partial charge is 0.497 e. The molecule has 0 bridgehead atoms. The van der Waals surface area contributed by atoms with E-state index in [4.69, 9.17) is 19.2 Å². The standard InChI is InChI=1S/C22H27N3O4S.ClH/c1-24(2)9-6-10-25(21(26)15-11-17(28-4)13-18(12-15)29-5)22-23-19-14-16(27-3)7-8-20(19)30-22;/h7-8,11-14H,6,9-10H2,1-5H3;1H. The van der Waals surface area contributed by atoms with Crippen LogP contribution in [0.15, 0.2) is 36.4 Å². The molecule has 7 nitrogen and oxygen atoms in total. The van der Waals surface area contributed by atoms with Crippen LogP contribution in [-0.2, 0) is 0 Å². The molecule has 0 saturated carbocycles. The molecule has 3 aromatic rings. The minimum Gasteiger partial charge on any atom is -0.497 e. The van der Waals surface area contributed by atoms with Gasteiger partial charge in [0.1, 0.15) is 17.2 Å². The van der Waals surface area contributed by atoms with Crippen molar-refractivity contribution in [1.82, 2.24) is 9.88 Å². The van der Waals surface area contributed by atoms with Crippen molar-refractivity contribution in [2.45, 2.75) is 6.42 Å². The first-order chi connectivity index (χ1) is 14.4. The number of benzene rings is 2. The number of methoxy groups -OCH3 is 3. The van der Waals surface area contributed by atoms with Crippen molar-refractivity contribution in [3.63, 3.8) is 0 Å². The Kier molecular flexibility index (Phi) is 8.91. The van der Waals surface area contributed by atoms with Gasteiger partial charge < -0.3 is 19.1 Å². The summed E-state index contributed by atoms with van der Waals surface area (Å²) in [6.07, 6.45) is 0.819. The molecule has 0 aliphatic carbocycles. The third kappa shape index (κ3) is 6.00. The molecule has 0 aliphatic heterocycles. The highest BCUT2D eigenvalue weighted by atomic mass is 35.5. The van der Waals surface area contributed by atoms with Crippen LogP contribution in [-0.4, -0.2) is 64.3 Å². The minimum absolute atomic E-state index is 0. The number of thiazole rings is 1. The molecule has 0 aliphatic rings. The second-order valence-corrected chi connectivity index (χ2v) is 8.05. The normalized spacial score (nSPS) is 10.6. The van der Waals surface area contributed by atoms with Gasteiger partial charge in [0.15, 0.2) is 5.13 Å². The van der Waals surface area contributed by atoms with E-state index in [0.717, 1.165) is 28.9 Å². The molecule has 9 heteroatoms. The quantitative estimate of drug-likeness (QED) is 0.468. The zero-order valence-electron chi connectivity index (χ0n) is 18.4. The number of rotatable bonds is 9. The maximum atomic E-state index is 13.5. The molecule has 0 saturated heterocycles. The summed E-state index contributed by atoms with van der Waals surface area (Å²) in [5.74, 6) is 1.74. The Morgan fingerprint density at radius 2 is 1.58 bits per heavy atom. The lowest BCUT2D eigenvalue weighted by atomic mass is 10.1. The Morgan fingerprint density at radius 1 is 0.935 bits per heavy atom. The molecule has 0 atom stereocenters. The highest BCUT2D eigenvalue weighted by Gasteiger charge is 2.22. The number of halogens is 1. The first-order valence-electron chi connectivity index (χ1n) is 9.59. The molecule has 0 unspecified atom stereocenters. The number of carbonyl (C=O) groups is 1. The lowest BCUT2D eigenvalue weighted by molar-refractivity contribution is 0.0985. The van der Waals surface area contributed by atoms with Crippen LogP contribution < -0.4 is 19.1 Å². The third-order valence-corrected chi connectivity index (χ3v) is 5.70. The van der Waals surface area contributed by atoms with E-state index in [0.29, 0.717) is 28.7 Å². The fourth-order valence-electron chi connectivity index (χ4n) is 3.05. The van der Waals surface area contributed by atoms with Gasteiger partial charge in [-0.2, -0.15) is 0 Å². The lowest BCUT2D eigenvalue weighted by Gasteiger charge is -2.21. The van der Waals surface area contributed by atoms with Gasteiger partial charge >= 0.3 is 0 Å². The second-order valence-electron chi connectivity index (χ2n) is 7.05. The molecule has 31 heavy (non-hydrogen) atoms. The van der Waals surface area contributed by atoms with Gasteiger partial charge in [0, 0.05) is 24.2 Å². The van der Waals surface area contributed by atoms with Gasteiger partial charge in [0.2, 0.25) is 0 Å². The van der Waals surface area contributed by atoms with Gasteiger partial charge in [-0.25, -0.2) is 4.98 Å². The molecule has 168 valence electrons. The SMILES string of the molecule is COc1cc(OC)cc(C(=O)N(CCCN(C)C)c2nc3cc(OC)ccc3s2)c1.Cl. The molecule has 1 amide bonds. The molecule has 1 heterocycles. The van der Waals surface area contributed by atoms with Crippen LogP contribution in [0, 0.1) is 0 Å². The maximum absolute atomic E-state index is 13.5. The van der Waals surface area contributed by atoms with Crippen LogP contribution in [0.25, 0.3) is 10.2 Å². The Balaban J connectivity index is 0.00000341. The number of amides is 1. The van der Waals surface area contributed by atoms with E-state index in [9.17, 15) is 4.79 Å². The topological polar surface area (TPSA) is 64.1 Å². The van der Waals surface area contributed by atoms with E-state index in [-0.39, 0.29) is 18.3 Å². The van der Waals surface area contributed by atoms with Crippen molar-refractivity contribution in [2.24, 2.45) is 0 Å². The summed E-state index contributed by atoms with van der Waals surface area (Å²) in [5, 5.41) is 0.656. The summed E-state index contributed by atoms with van der Waals surface area (Å²) in [6, 6.07) is 10.9. The molecule has 0 N–H and O–H groups in total. The number of nitrogens with zero attached hydrogens (tertiary/aromatic N) is 3. The smallest absolute Gasteiger partial charge is 0.260 e. The number of carbonyl (C=O) groups excluding carboxylic acids is 1. The zero-order valence-corrected chi connectivity index (χ0v) is 20.0. The number of anilines is 1. The van der Waals surface area contributed by atoms with E-state index in [1.807, 2.05) is 32.3 Å². The van der Waals surface area contributed by atoms with Crippen LogP contribution in [0.4, 0.5) is 5.13 Å². The first kappa shape index (κ1) is 24.7. The van der Waals surface area contributed by atoms with Crippen molar-refractivity contribution >= 4 is 45.0 Å². The van der Waals surface area contributed by atoms with E-state index >= 15 is 0 Å². The summed E-state index contributed by atoms with van der Waals surface area (Å²) in [6.45, 7) is 1.41. The molecular weight excluding hydrogens is 438 g/mol. The predicted octanol–water partition coefficient (Wildman–Crippen LogP) is 4.34. The number of hydrogen-bond donors (Lipinski definition) is 0. The molecule has 2 aromatic carbocycles. The third-order valence-electron chi connectivity index (χ3n) is 4.64. The summed E-state index contributed by atoms with van der Waals surface area (Å²) >= 11 is 1.49. The summed E-state index contributed by atoms with van der Waals surface area (Å²) in [7, 11) is 8.80. The first-order valence-corrected chi connectivity index (χ1v) is 10.4. The maximum Gasteiger partial charge on any atom is 0.260 e. The summed E-state index contributed by atoms with van der Waals surface area (Å²) in [4.78, 5) is 22.0. The van der Waals surface area contributed by atoms with Crippen LogP contribution in [0.2, 0.25) is 0 Å². The van der Waals surface area contributed by atoms with Gasteiger partial charge in [0.25, 0.3) is 5.91 Å². The van der Waals surface area contributed by atoms with Gasteiger partial charge in [-0.1, -0.05) is 11.3 Å². The van der Waals surface area contributed by atoms with Crippen molar-refractivity contribution < 1.29 is 19.0 Å². The molecular formula is C22H28ClN3O4S. The van der Waals surface area contributed by atoms with E-state index in [1.54, 1.807) is 44.4 Å². The highest BCUT2D eigenvalue weighted by molar-refractivity contribution is 7.22. The fraction of sp³-hybridized carbons (Fsp3) is 0.364. The number of hydrogen-bond acceptors (Lipinski definition) is 7. The average Bonchev–Trinajstić information content (AvgIpc) is 3.18. The van der Waals surface area contributed by atoms with Crippen LogP contribution in [0.5, 0.6) is 17.2 Å². The van der Waals surface area contributed by atoms with Crippen LogP contribution in [0.3, 0.4) is 0 Å². The number of aromatic nitrogens is 1. The van der Waals surface area contributed by atoms with E-state index in [2.05, 4.69) is 4.90 Å². The number of ether oxygens (including phenoxy) is 3. The Morgan fingerprint density at radius 3 is 2.16 bits per heavy atom. The van der Waals surface area contributed by atoms with Crippen LogP contribution in [0.1, 0.15) is 16.8 Å². The molecule has 1 aromatic heterocycles. The van der Waals surface area contributed by atoms with Crippen molar-refractivity contribution in [2.75, 3.05) is 53.4 Å². The lowest BCUT2D eigenvalue weighted by Crippen LogP contribution is -2.33. The van der Waals surface area contributed by atoms with Gasteiger partial charge in [0.05, 0.1) is 31.5 Å². The summed E-state index contributed by atoms with van der Waals surface area (Å²) < 4.78 is 17.0. The fourth-order valence-corrected chi connectivity index (χ4v) is 4.02. The van der Waals surface area contributed by atoms with Crippen molar-refractivity contribution in [1.29, 1.82) is 0 Å². The van der Waals surface area contributed by atoms with Crippen molar-refractivity contribution in [3.05, 3.63) is 42.0 Å². The predicted molar refractivity (Wildman–Crippen MR) is 128 cm³/mol.